The van der Waals surface area contributed by atoms with Crippen molar-refractivity contribution in [2.75, 3.05) is 16.4 Å². The van der Waals surface area contributed by atoms with Crippen LogP contribution in [0.15, 0.2) is 78.9 Å². The molecule has 0 saturated carbocycles. The molecule has 0 aromatic heterocycles. The minimum Gasteiger partial charge on any atom is -0.396 e. The third kappa shape index (κ3) is 4.11. The van der Waals surface area contributed by atoms with Gasteiger partial charge < -0.3 is 18.9 Å². The summed E-state index contributed by atoms with van der Waals surface area (Å²) in [7, 11) is -3.29. The van der Waals surface area contributed by atoms with Gasteiger partial charge in [0.15, 0.2) is 5.60 Å². The maximum Gasteiger partial charge on any atom is 0.264 e. The molecule has 2 amide bonds. The largest absolute Gasteiger partial charge is 0.396 e. The average molecular weight is 615 g/mol. The smallest absolute Gasteiger partial charge is 0.264 e. The second kappa shape index (κ2) is 9.99. The maximum absolute atomic E-state index is 15.8. The third-order valence-electron chi connectivity index (χ3n) is 9.40. The number of fused-ring (bicyclic) bond motifs is 2. The number of ether oxygens (including phenoxy) is 1. The summed E-state index contributed by atoms with van der Waals surface area (Å²) in [5.74, 6) is -0.814. The number of rotatable bonds is 6. The van der Waals surface area contributed by atoms with Crippen molar-refractivity contribution in [2.45, 2.75) is 50.2 Å². The highest BCUT2D eigenvalue weighted by atomic mass is 35.5. The first-order chi connectivity index (χ1) is 20.6. The molecule has 0 radical (unpaired) electrons. The number of hydrogen-bond donors (Lipinski definition) is 1. The molecule has 7 rings (SSSR count). The molecule has 9 heteroatoms. The summed E-state index contributed by atoms with van der Waals surface area (Å²) in [5, 5.41) is 12.2. The summed E-state index contributed by atoms with van der Waals surface area (Å²) >= 11 is 6.46. The molecule has 3 heterocycles. The number of nitrogens with zero attached hydrogens (tertiary/aromatic N) is 2. The van der Waals surface area contributed by atoms with Crippen LogP contribution >= 0.6 is 11.6 Å². The van der Waals surface area contributed by atoms with E-state index in [1.165, 1.54) is 0 Å². The first kappa shape index (κ1) is 28.2. The van der Waals surface area contributed by atoms with Crippen LogP contribution in [0.1, 0.15) is 34.8 Å². The Kier molecular flexibility index (Phi) is 6.56. The van der Waals surface area contributed by atoms with Gasteiger partial charge in [0.2, 0.25) is 8.41 Å². The van der Waals surface area contributed by atoms with Crippen molar-refractivity contribution >= 4 is 59.7 Å². The molecule has 6 nitrogen and oxygen atoms in total. The van der Waals surface area contributed by atoms with Crippen LogP contribution in [-0.4, -0.2) is 38.0 Å². The number of carbonyl (C=O) groups excluding carboxylic acids is 2. The van der Waals surface area contributed by atoms with E-state index >= 15 is 4.11 Å². The molecule has 3 aliphatic heterocycles. The summed E-state index contributed by atoms with van der Waals surface area (Å²) < 4.78 is 22.4. The van der Waals surface area contributed by atoms with Crippen molar-refractivity contribution in [1.82, 2.24) is 0 Å². The molecule has 0 aliphatic carbocycles. The van der Waals surface area contributed by atoms with Crippen LogP contribution in [0.3, 0.4) is 0 Å². The lowest BCUT2D eigenvalue weighted by Gasteiger charge is -2.31. The van der Waals surface area contributed by atoms with Crippen LogP contribution in [-0.2, 0) is 21.7 Å². The fourth-order valence-electron chi connectivity index (χ4n) is 7.72. The van der Waals surface area contributed by atoms with E-state index in [9.17, 15) is 14.7 Å². The predicted molar refractivity (Wildman–Crippen MR) is 169 cm³/mol. The van der Waals surface area contributed by atoms with Crippen molar-refractivity contribution < 1.29 is 23.5 Å². The van der Waals surface area contributed by atoms with E-state index in [4.69, 9.17) is 16.3 Å². The summed E-state index contributed by atoms with van der Waals surface area (Å²) in [6, 6.07) is 24.6. The Balaban J connectivity index is 1.27. The van der Waals surface area contributed by atoms with E-state index in [1.807, 2.05) is 73.7 Å². The number of anilines is 3. The van der Waals surface area contributed by atoms with Crippen LogP contribution in [0, 0.1) is 5.92 Å². The van der Waals surface area contributed by atoms with Gasteiger partial charge in [0, 0.05) is 39.7 Å². The molecule has 4 aromatic rings. The lowest BCUT2D eigenvalue weighted by atomic mass is 9.82. The van der Waals surface area contributed by atoms with Crippen molar-refractivity contribution in [3.63, 3.8) is 0 Å². The van der Waals surface area contributed by atoms with Gasteiger partial charge >= 0.3 is 0 Å². The second-order valence-corrected chi connectivity index (χ2v) is 16.6. The van der Waals surface area contributed by atoms with E-state index in [0.29, 0.717) is 27.5 Å². The molecule has 43 heavy (non-hydrogen) atoms. The number of carbonyl (C=O) groups is 2. The Morgan fingerprint density at radius 3 is 2.49 bits per heavy atom. The quantitative estimate of drug-likeness (QED) is 0.180. The number of aliphatic hydroxyl groups is 1. The van der Waals surface area contributed by atoms with Gasteiger partial charge in [0.1, 0.15) is 0 Å². The van der Waals surface area contributed by atoms with Crippen LogP contribution in [0.25, 0.3) is 10.8 Å². The van der Waals surface area contributed by atoms with Gasteiger partial charge in [-0.25, -0.2) is 0 Å². The fourth-order valence-corrected chi connectivity index (χ4v) is 10.4. The van der Waals surface area contributed by atoms with Crippen LogP contribution < -0.4 is 9.80 Å². The minimum atomic E-state index is -3.29. The van der Waals surface area contributed by atoms with Gasteiger partial charge in [0.25, 0.3) is 11.8 Å². The van der Waals surface area contributed by atoms with Gasteiger partial charge in [-0.15, -0.1) is 0 Å². The molecular formula is C34H32ClFN2O4Si. The summed E-state index contributed by atoms with van der Waals surface area (Å²) in [6.45, 7) is 5.24. The molecule has 0 bridgehead atoms. The minimum absolute atomic E-state index is 0.0905. The van der Waals surface area contributed by atoms with E-state index in [-0.39, 0.29) is 31.4 Å². The van der Waals surface area contributed by atoms with E-state index in [1.54, 1.807) is 35.0 Å². The molecule has 4 aromatic carbocycles. The molecule has 220 valence electrons. The lowest BCUT2D eigenvalue weighted by molar-refractivity contribution is -0.146. The normalized spacial score (nSPS) is 24.6. The summed E-state index contributed by atoms with van der Waals surface area (Å²) in [4.78, 5) is 31.5. The highest BCUT2D eigenvalue weighted by Crippen LogP contribution is 2.60. The van der Waals surface area contributed by atoms with E-state index < -0.39 is 31.6 Å². The lowest BCUT2D eigenvalue weighted by Crippen LogP contribution is -2.45. The molecule has 3 aliphatic rings. The molecular weight excluding hydrogens is 583 g/mol. The number of halogens is 2. The summed E-state index contributed by atoms with van der Waals surface area (Å²) in [6.07, 6.45) is -0.335. The molecule has 4 atom stereocenters. The van der Waals surface area contributed by atoms with Gasteiger partial charge in [-0.1, -0.05) is 54.9 Å². The molecule has 1 N–H and O–H groups in total. The SMILES string of the molecule is C[C@H]1[C@H]([Si](C)(C)F)[C@@H](CCO)O[C@]12C(=O)N(Cc1cccc(N3C(=O)c4cccc5cccc3c45)c1)c1ccc(Cl)cc12. The Labute approximate surface area is 255 Å². The van der Waals surface area contributed by atoms with Gasteiger partial charge in [-0.2, -0.15) is 0 Å². The number of benzene rings is 4. The zero-order valence-electron chi connectivity index (χ0n) is 24.2. The van der Waals surface area contributed by atoms with Crippen LogP contribution in [0.5, 0.6) is 0 Å². The van der Waals surface area contributed by atoms with Crippen LogP contribution in [0.2, 0.25) is 23.7 Å². The second-order valence-electron chi connectivity index (χ2n) is 12.3. The maximum atomic E-state index is 15.8. The molecule has 0 unspecified atom stereocenters. The van der Waals surface area contributed by atoms with E-state index in [2.05, 4.69) is 0 Å². The topological polar surface area (TPSA) is 70.1 Å². The monoisotopic (exact) mass is 614 g/mol. The highest BCUT2D eigenvalue weighted by molar-refractivity contribution is 6.72. The molecule has 1 saturated heterocycles. The Morgan fingerprint density at radius 1 is 1.00 bits per heavy atom. The zero-order chi connectivity index (χ0) is 30.3. The standard InChI is InChI=1S/C34H32ClFN2O4Si/c1-20-31(43(2,3)36)29(15-16-39)42-34(20)26-18-23(35)13-14-27(26)37(33(34)41)19-21-7-4-10-24(17-21)38-28-12-6-9-22-8-5-11-25(30(22)28)32(38)40/h4-14,17-18,20,29,31,39H,15-16,19H2,1-3H3/t20-,29+,31-,34+/m0/s1. The average Bonchev–Trinajstić information content (AvgIpc) is 3.52. The first-order valence-corrected chi connectivity index (χ1v) is 17.9. The van der Waals surface area contributed by atoms with Crippen molar-refractivity contribution in [3.05, 3.63) is 101 Å². The highest BCUT2D eigenvalue weighted by Gasteiger charge is 2.66. The number of aliphatic hydroxyl groups excluding tert-OH is 1. The van der Waals surface area contributed by atoms with Gasteiger partial charge in [-0.05, 0) is 72.9 Å². The van der Waals surface area contributed by atoms with Crippen molar-refractivity contribution in [1.29, 1.82) is 0 Å². The van der Waals surface area contributed by atoms with Gasteiger partial charge in [0.05, 0.1) is 29.6 Å². The molecule has 1 spiro atoms. The fraction of sp³-hybridized carbons (Fsp3) is 0.294. The van der Waals surface area contributed by atoms with Gasteiger partial charge in [-0.3, -0.25) is 14.5 Å². The third-order valence-corrected chi connectivity index (χ3v) is 12.1. The Morgan fingerprint density at radius 2 is 1.74 bits per heavy atom. The van der Waals surface area contributed by atoms with Crippen molar-refractivity contribution in [3.8, 4) is 0 Å². The first-order valence-electron chi connectivity index (χ1n) is 14.6. The van der Waals surface area contributed by atoms with Crippen molar-refractivity contribution in [2.24, 2.45) is 5.92 Å². The zero-order valence-corrected chi connectivity index (χ0v) is 25.9. The molecule has 1 fully saturated rings. The summed E-state index contributed by atoms with van der Waals surface area (Å²) in [5.41, 5.74) is 2.46. The predicted octanol–water partition coefficient (Wildman–Crippen LogP) is 7.49. The number of amides is 2. The Bertz CT molecular complexity index is 1800. The van der Waals surface area contributed by atoms with E-state index in [0.717, 1.165) is 22.0 Å². The van der Waals surface area contributed by atoms with Crippen LogP contribution in [0.4, 0.5) is 21.2 Å². The number of hydrogen-bond acceptors (Lipinski definition) is 4. The Hall–Kier alpha value is -3.56.